The Morgan fingerprint density at radius 3 is 1.71 bits per heavy atom. The van der Waals surface area contributed by atoms with Gasteiger partial charge in [0, 0.05) is 29.0 Å². The molecule has 0 bridgehead atoms. The summed E-state index contributed by atoms with van der Waals surface area (Å²) in [5.41, 5.74) is 10.4. The summed E-state index contributed by atoms with van der Waals surface area (Å²) in [6, 6.07) is 7.05. The molecule has 9 nitrogen and oxygen atoms in total. The van der Waals surface area contributed by atoms with Gasteiger partial charge in [0.1, 0.15) is 6.26 Å². The second kappa shape index (κ2) is 14.5. The van der Waals surface area contributed by atoms with Gasteiger partial charge in [-0.1, -0.05) is 56.7 Å². The van der Waals surface area contributed by atoms with Crippen molar-refractivity contribution < 1.29 is 23.9 Å². The molecule has 0 spiro atoms. The van der Waals surface area contributed by atoms with Gasteiger partial charge >= 0.3 is 11.3 Å². The lowest BCUT2D eigenvalue weighted by Gasteiger charge is -2.61. The van der Waals surface area contributed by atoms with Gasteiger partial charge in [0.15, 0.2) is 0 Å². The summed E-state index contributed by atoms with van der Waals surface area (Å²) in [7, 11) is 0. The molecule has 318 valence electrons. The number of hydrogen-bond acceptors (Lipinski definition) is 9. The van der Waals surface area contributed by atoms with Gasteiger partial charge in [-0.2, -0.15) is 0 Å². The van der Waals surface area contributed by atoms with Crippen molar-refractivity contribution in [3.05, 3.63) is 105 Å². The van der Waals surface area contributed by atoms with Gasteiger partial charge in [0.25, 0.3) is 0 Å². The van der Waals surface area contributed by atoms with E-state index in [9.17, 15) is 19.8 Å². The van der Waals surface area contributed by atoms with Crippen LogP contribution >= 0.6 is 0 Å². The lowest BCUT2D eigenvalue weighted by atomic mass is 9.45. The Hall–Kier alpha value is -3.53. The van der Waals surface area contributed by atoms with E-state index in [1.54, 1.807) is 18.1 Å². The van der Waals surface area contributed by atoms with E-state index in [-0.39, 0.29) is 50.8 Å². The molecule has 9 heteroatoms. The zero-order valence-corrected chi connectivity index (χ0v) is 35.7. The number of nitrogens with zero attached hydrogens (tertiary/aromatic N) is 1. The third-order valence-corrected chi connectivity index (χ3v) is 19.0. The van der Waals surface area contributed by atoms with E-state index in [4.69, 9.17) is 19.4 Å². The second-order valence-corrected chi connectivity index (χ2v) is 21.0. The summed E-state index contributed by atoms with van der Waals surface area (Å²) in [5.74, 6) is 2.17. The first kappa shape index (κ1) is 40.9. The van der Waals surface area contributed by atoms with Gasteiger partial charge < -0.3 is 29.6 Å². The van der Waals surface area contributed by atoms with Crippen molar-refractivity contribution in [1.29, 1.82) is 0 Å². The van der Waals surface area contributed by atoms with E-state index >= 15 is 0 Å². The molecular formula is C50H66N2O7. The Kier molecular flexibility index (Phi) is 10.1. The highest BCUT2D eigenvalue weighted by Gasteiger charge is 2.68. The molecule has 6 fully saturated rings. The lowest BCUT2D eigenvalue weighted by Crippen LogP contribution is -2.60. The summed E-state index contributed by atoms with van der Waals surface area (Å²) in [5, 5.41) is 28.6. The number of aliphatic hydroxyl groups is 2. The molecule has 2 aromatic heterocycles. The summed E-state index contributed by atoms with van der Waals surface area (Å²) in [4.78, 5) is 27.9. The zero-order chi connectivity index (χ0) is 41.6. The molecule has 13 atom stereocenters. The Balaban J connectivity index is 0.000000153. The van der Waals surface area contributed by atoms with Gasteiger partial charge in [0.2, 0.25) is 0 Å². The first-order valence-corrected chi connectivity index (χ1v) is 22.7. The van der Waals surface area contributed by atoms with E-state index in [1.807, 2.05) is 12.1 Å². The van der Waals surface area contributed by atoms with Gasteiger partial charge in [-0.05, 0) is 178 Å². The van der Waals surface area contributed by atoms with E-state index in [2.05, 4.69) is 51.6 Å². The van der Waals surface area contributed by atoms with E-state index in [1.165, 1.54) is 30.4 Å². The molecule has 10 rings (SSSR count). The third kappa shape index (κ3) is 6.13. The van der Waals surface area contributed by atoms with E-state index < -0.39 is 11.2 Å². The van der Waals surface area contributed by atoms with Crippen molar-refractivity contribution in [2.45, 2.75) is 160 Å². The molecule has 0 amide bonds. The molecule has 8 aliphatic rings. The summed E-state index contributed by atoms with van der Waals surface area (Å²) >= 11 is 0. The largest absolute Gasteiger partial charge is 0.431 e. The maximum Gasteiger partial charge on any atom is 0.335 e. The number of oxime groups is 1. The van der Waals surface area contributed by atoms with Crippen LogP contribution in [0.2, 0.25) is 0 Å². The minimum absolute atomic E-state index is 0.116. The summed E-state index contributed by atoms with van der Waals surface area (Å²) in [6.07, 6.45) is 25.4. The van der Waals surface area contributed by atoms with Crippen molar-refractivity contribution >= 4 is 5.71 Å². The van der Waals surface area contributed by atoms with Crippen LogP contribution in [0.1, 0.15) is 153 Å². The smallest absolute Gasteiger partial charge is 0.335 e. The quantitative estimate of drug-likeness (QED) is 0.157. The molecular weight excluding hydrogens is 741 g/mol. The van der Waals surface area contributed by atoms with E-state index in [0.29, 0.717) is 23.7 Å². The van der Waals surface area contributed by atoms with Crippen LogP contribution in [-0.4, -0.2) is 33.2 Å². The molecule has 0 aromatic carbocycles. The maximum atomic E-state index is 12.3. The monoisotopic (exact) mass is 806 g/mol. The SMILES string of the molecule is C=CO/N=C1/C=C2CC[C@@H]3[C@H](CC[C@]4(C)[C@@H](c5ccc(=O)oc5)CC[C@]34O)[C@@]2(C)CC1.C[C@]12CCC(N)C=C1CC[C@@H]1[C@@H]2CC[C@]2(C)[C@@H](c3ccc(=O)oc3)CC[C@]12O. The second-order valence-electron chi connectivity index (χ2n) is 21.0. The van der Waals surface area contributed by atoms with Crippen LogP contribution < -0.4 is 17.0 Å². The van der Waals surface area contributed by atoms with Gasteiger partial charge in [-0.15, -0.1) is 0 Å². The van der Waals surface area contributed by atoms with Gasteiger partial charge in [-0.3, -0.25) is 0 Å². The maximum absolute atomic E-state index is 12.3. The predicted octanol–water partition coefficient (Wildman–Crippen LogP) is 9.45. The Labute approximate surface area is 349 Å². The van der Waals surface area contributed by atoms with Crippen molar-refractivity contribution in [2.75, 3.05) is 0 Å². The molecule has 8 aliphatic carbocycles. The van der Waals surface area contributed by atoms with Crippen molar-refractivity contribution in [3.8, 4) is 0 Å². The average Bonchev–Trinajstić information content (AvgIpc) is 3.67. The molecule has 2 heterocycles. The van der Waals surface area contributed by atoms with Crippen LogP contribution in [0.5, 0.6) is 0 Å². The van der Waals surface area contributed by atoms with Crippen LogP contribution in [0.4, 0.5) is 0 Å². The van der Waals surface area contributed by atoms with Crippen LogP contribution in [0.3, 0.4) is 0 Å². The standard InChI is InChI=1S/C26H33NO4.C24H33NO3/c1-4-31-27-19-9-12-24(2)18(15-19)6-7-22-21(24)10-13-25(3)20(11-14-26(22,25)29)17-5-8-23(28)30-16-17;1-22-10-7-17(25)13-16(22)4-5-20-19(22)8-11-23(2)18(9-12-24(20,23)27)15-3-6-21(26)28-14-15/h4-5,8,15-16,20-22,29H,1,6-7,9-14H2,2-3H3;3,6,13-14,17-20,27H,4-5,7-12,25H2,1-2H3/b27-19+;/t20-,21+,22-,24+,25-,26+;17?,18-,19+,20-,22+,23-,24+/m11/s1. The molecule has 0 saturated heterocycles. The van der Waals surface area contributed by atoms with Crippen LogP contribution in [0, 0.1) is 45.3 Å². The fraction of sp³-hybridized carbons (Fsp3) is 0.660. The highest BCUT2D eigenvalue weighted by Crippen LogP contribution is 2.71. The Morgan fingerprint density at radius 2 is 1.20 bits per heavy atom. The molecule has 4 N–H and O–H groups in total. The topological polar surface area (TPSA) is 148 Å². The molecule has 2 aromatic rings. The summed E-state index contributed by atoms with van der Waals surface area (Å²) < 4.78 is 10.4. The molecule has 0 radical (unpaired) electrons. The van der Waals surface area contributed by atoms with Crippen LogP contribution in [0.15, 0.2) is 96.5 Å². The lowest BCUT2D eigenvalue weighted by molar-refractivity contribution is -0.177. The van der Waals surface area contributed by atoms with Gasteiger partial charge in [-0.25, -0.2) is 9.59 Å². The summed E-state index contributed by atoms with van der Waals surface area (Å²) in [6.45, 7) is 13.0. The number of fused-ring (bicyclic) bond motifs is 10. The average molecular weight is 807 g/mol. The Morgan fingerprint density at radius 1 is 0.678 bits per heavy atom. The first-order chi connectivity index (χ1) is 28.1. The van der Waals surface area contributed by atoms with Crippen LogP contribution in [-0.2, 0) is 4.84 Å². The minimum atomic E-state index is -0.675. The minimum Gasteiger partial charge on any atom is -0.431 e. The molecule has 6 saturated carbocycles. The molecule has 0 aliphatic heterocycles. The van der Waals surface area contributed by atoms with E-state index in [0.717, 1.165) is 113 Å². The number of rotatable bonds is 4. The van der Waals surface area contributed by atoms with Crippen LogP contribution in [0.25, 0.3) is 0 Å². The third-order valence-electron chi connectivity index (χ3n) is 19.0. The number of allylic oxidation sites excluding steroid dienone is 3. The van der Waals surface area contributed by atoms with Crippen molar-refractivity contribution in [1.82, 2.24) is 0 Å². The zero-order valence-electron chi connectivity index (χ0n) is 35.7. The first-order valence-electron chi connectivity index (χ1n) is 22.7. The van der Waals surface area contributed by atoms with Crippen molar-refractivity contribution in [2.24, 2.45) is 56.2 Å². The normalized spacial score (nSPS) is 45.1. The Bertz CT molecular complexity index is 2150. The highest BCUT2D eigenvalue weighted by atomic mass is 16.6. The fourth-order valence-corrected chi connectivity index (χ4v) is 15.6. The molecule has 1 unspecified atom stereocenters. The van der Waals surface area contributed by atoms with Gasteiger partial charge in [0.05, 0.1) is 29.4 Å². The predicted molar refractivity (Wildman–Crippen MR) is 228 cm³/mol. The number of nitrogens with two attached hydrogens (primary N) is 1. The fourth-order valence-electron chi connectivity index (χ4n) is 15.6. The highest BCUT2D eigenvalue weighted by molar-refractivity contribution is 5.96. The number of hydrogen-bond donors (Lipinski definition) is 3. The molecule has 59 heavy (non-hydrogen) atoms. The van der Waals surface area contributed by atoms with Crippen molar-refractivity contribution in [3.63, 3.8) is 0 Å².